The Morgan fingerprint density at radius 3 is 2.61 bits per heavy atom. The van der Waals surface area contributed by atoms with E-state index in [1.165, 1.54) is 25.2 Å². The minimum atomic E-state index is 0.293. The van der Waals surface area contributed by atoms with Crippen LogP contribution in [0.4, 0.5) is 0 Å². The molecule has 0 saturated carbocycles. The van der Waals surface area contributed by atoms with Gasteiger partial charge in [-0.3, -0.25) is 14.8 Å². The van der Waals surface area contributed by atoms with Crippen LogP contribution >= 0.6 is 0 Å². The minimum absolute atomic E-state index is 0.293. The summed E-state index contributed by atoms with van der Waals surface area (Å²) in [6.45, 7) is 12.6. The average Bonchev–Trinajstić information content (AvgIpc) is 2.55. The van der Waals surface area contributed by atoms with Crippen LogP contribution in [0.25, 0.3) is 0 Å². The molecule has 100 valence electrons. The van der Waals surface area contributed by atoms with Crippen LogP contribution in [-0.4, -0.2) is 46.5 Å². The van der Waals surface area contributed by atoms with E-state index in [1.807, 2.05) is 12.3 Å². The Bertz CT molecular complexity index is 356. The van der Waals surface area contributed by atoms with Crippen LogP contribution in [0, 0.1) is 0 Å². The molecule has 0 spiro atoms. The molecule has 18 heavy (non-hydrogen) atoms. The monoisotopic (exact) mass is 247 g/mol. The van der Waals surface area contributed by atoms with Gasteiger partial charge < -0.3 is 0 Å². The molecule has 2 rings (SSSR count). The van der Waals surface area contributed by atoms with Gasteiger partial charge >= 0.3 is 0 Å². The van der Waals surface area contributed by atoms with Crippen molar-refractivity contribution in [2.75, 3.05) is 26.2 Å². The zero-order valence-corrected chi connectivity index (χ0v) is 11.9. The smallest absolute Gasteiger partial charge is 0.0543 e. The Hall–Kier alpha value is -0.930. The third kappa shape index (κ3) is 3.79. The van der Waals surface area contributed by atoms with E-state index < -0.39 is 0 Å². The van der Waals surface area contributed by atoms with Gasteiger partial charge in [0.15, 0.2) is 0 Å². The molecular formula is C15H25N3. The normalized spacial score (nSPS) is 19.7. The fraction of sp³-hybridized carbons (Fsp3) is 0.667. The number of hydrogen-bond acceptors (Lipinski definition) is 3. The lowest BCUT2D eigenvalue weighted by atomic mass is 10.1. The summed E-state index contributed by atoms with van der Waals surface area (Å²) in [4.78, 5) is 9.53. The largest absolute Gasteiger partial charge is 0.297 e. The van der Waals surface area contributed by atoms with Crippen LogP contribution in [0.15, 0.2) is 24.4 Å². The van der Waals surface area contributed by atoms with E-state index in [1.54, 1.807) is 0 Å². The first-order chi connectivity index (χ1) is 8.55. The van der Waals surface area contributed by atoms with Crippen molar-refractivity contribution >= 4 is 0 Å². The second-order valence-electron chi connectivity index (χ2n) is 6.11. The molecular weight excluding hydrogens is 222 g/mol. The van der Waals surface area contributed by atoms with E-state index in [2.05, 4.69) is 47.7 Å². The van der Waals surface area contributed by atoms with Crippen molar-refractivity contribution in [1.29, 1.82) is 0 Å². The van der Waals surface area contributed by atoms with Crippen molar-refractivity contribution in [3.63, 3.8) is 0 Å². The SMILES string of the molecule is CC(C)(C)N1CCCN(Cc2ccccn2)CC1. The summed E-state index contributed by atoms with van der Waals surface area (Å²) in [5.41, 5.74) is 1.47. The highest BCUT2D eigenvalue weighted by Crippen LogP contribution is 2.16. The second kappa shape index (κ2) is 5.81. The number of aromatic nitrogens is 1. The molecule has 0 unspecified atom stereocenters. The first kappa shape index (κ1) is 13.5. The quantitative estimate of drug-likeness (QED) is 0.800. The highest BCUT2D eigenvalue weighted by Gasteiger charge is 2.23. The molecule has 1 fully saturated rings. The molecule has 0 radical (unpaired) electrons. The molecule has 0 amide bonds. The van der Waals surface area contributed by atoms with E-state index in [9.17, 15) is 0 Å². The minimum Gasteiger partial charge on any atom is -0.297 e. The number of rotatable bonds is 2. The maximum absolute atomic E-state index is 4.42. The van der Waals surface area contributed by atoms with Gasteiger partial charge in [-0.25, -0.2) is 0 Å². The van der Waals surface area contributed by atoms with Crippen LogP contribution < -0.4 is 0 Å². The van der Waals surface area contributed by atoms with Crippen LogP contribution in [0.3, 0.4) is 0 Å². The second-order valence-corrected chi connectivity index (χ2v) is 6.11. The molecule has 0 aromatic carbocycles. The molecule has 0 atom stereocenters. The molecule has 1 aliphatic heterocycles. The molecule has 3 heteroatoms. The van der Waals surface area contributed by atoms with Gasteiger partial charge in [-0.2, -0.15) is 0 Å². The molecule has 1 aliphatic rings. The number of nitrogens with zero attached hydrogens (tertiary/aromatic N) is 3. The number of hydrogen-bond donors (Lipinski definition) is 0. The Labute approximate surface area is 111 Å². The molecule has 1 aromatic heterocycles. The van der Waals surface area contributed by atoms with E-state index in [0.717, 1.165) is 19.6 Å². The van der Waals surface area contributed by atoms with E-state index >= 15 is 0 Å². The van der Waals surface area contributed by atoms with Gasteiger partial charge in [-0.05, 0) is 52.4 Å². The molecule has 0 bridgehead atoms. The molecule has 0 aliphatic carbocycles. The first-order valence-electron chi connectivity index (χ1n) is 6.93. The molecule has 0 N–H and O–H groups in total. The molecule has 2 heterocycles. The third-order valence-corrected chi connectivity index (χ3v) is 3.65. The Balaban J connectivity index is 1.90. The zero-order chi connectivity index (χ0) is 13.0. The van der Waals surface area contributed by atoms with Crippen molar-refractivity contribution in [3.05, 3.63) is 30.1 Å². The van der Waals surface area contributed by atoms with Crippen molar-refractivity contribution in [2.45, 2.75) is 39.3 Å². The lowest BCUT2D eigenvalue weighted by molar-refractivity contribution is 0.140. The van der Waals surface area contributed by atoms with Gasteiger partial charge in [0.2, 0.25) is 0 Å². The van der Waals surface area contributed by atoms with E-state index in [-0.39, 0.29) is 0 Å². The van der Waals surface area contributed by atoms with Crippen LogP contribution in [0.1, 0.15) is 32.9 Å². The maximum Gasteiger partial charge on any atom is 0.0543 e. The van der Waals surface area contributed by atoms with Gasteiger partial charge in [0, 0.05) is 31.4 Å². The van der Waals surface area contributed by atoms with Gasteiger partial charge in [0.1, 0.15) is 0 Å². The summed E-state index contributed by atoms with van der Waals surface area (Å²) in [7, 11) is 0. The summed E-state index contributed by atoms with van der Waals surface area (Å²) in [5, 5.41) is 0. The van der Waals surface area contributed by atoms with Gasteiger partial charge in [0.25, 0.3) is 0 Å². The highest BCUT2D eigenvalue weighted by molar-refractivity contribution is 5.03. The summed E-state index contributed by atoms with van der Waals surface area (Å²) in [5.74, 6) is 0. The third-order valence-electron chi connectivity index (χ3n) is 3.65. The number of pyridine rings is 1. The fourth-order valence-electron chi connectivity index (χ4n) is 2.52. The highest BCUT2D eigenvalue weighted by atomic mass is 15.2. The summed E-state index contributed by atoms with van der Waals surface area (Å²) >= 11 is 0. The Kier molecular flexibility index (Phi) is 4.36. The molecule has 3 nitrogen and oxygen atoms in total. The summed E-state index contributed by atoms with van der Waals surface area (Å²) < 4.78 is 0. The predicted molar refractivity (Wildman–Crippen MR) is 75.5 cm³/mol. The van der Waals surface area contributed by atoms with Crippen molar-refractivity contribution in [2.24, 2.45) is 0 Å². The summed E-state index contributed by atoms with van der Waals surface area (Å²) in [6.07, 6.45) is 3.14. The standard InChI is InChI=1S/C15H25N3/c1-15(2,3)18-10-6-9-17(11-12-18)13-14-7-4-5-8-16-14/h4-5,7-8H,6,9-13H2,1-3H3. The van der Waals surface area contributed by atoms with Crippen LogP contribution in [-0.2, 0) is 6.54 Å². The fourth-order valence-corrected chi connectivity index (χ4v) is 2.52. The van der Waals surface area contributed by atoms with E-state index in [4.69, 9.17) is 0 Å². The topological polar surface area (TPSA) is 19.4 Å². The van der Waals surface area contributed by atoms with Gasteiger partial charge in [0.05, 0.1) is 5.69 Å². The average molecular weight is 247 g/mol. The Morgan fingerprint density at radius 2 is 1.94 bits per heavy atom. The zero-order valence-electron chi connectivity index (χ0n) is 11.9. The van der Waals surface area contributed by atoms with Crippen molar-refractivity contribution in [1.82, 2.24) is 14.8 Å². The van der Waals surface area contributed by atoms with Gasteiger partial charge in [-0.1, -0.05) is 6.07 Å². The Morgan fingerprint density at radius 1 is 1.11 bits per heavy atom. The van der Waals surface area contributed by atoms with Crippen molar-refractivity contribution in [3.8, 4) is 0 Å². The lowest BCUT2D eigenvalue weighted by Gasteiger charge is -2.34. The van der Waals surface area contributed by atoms with Crippen LogP contribution in [0.5, 0.6) is 0 Å². The molecule has 1 saturated heterocycles. The van der Waals surface area contributed by atoms with Crippen molar-refractivity contribution < 1.29 is 0 Å². The lowest BCUT2D eigenvalue weighted by Crippen LogP contribution is -2.43. The maximum atomic E-state index is 4.42. The van der Waals surface area contributed by atoms with Gasteiger partial charge in [-0.15, -0.1) is 0 Å². The predicted octanol–water partition coefficient (Wildman–Crippen LogP) is 2.39. The van der Waals surface area contributed by atoms with E-state index in [0.29, 0.717) is 5.54 Å². The molecule has 1 aromatic rings. The first-order valence-corrected chi connectivity index (χ1v) is 6.93. The summed E-state index contributed by atoms with van der Waals surface area (Å²) in [6, 6.07) is 6.17. The van der Waals surface area contributed by atoms with Crippen LogP contribution in [0.2, 0.25) is 0 Å².